The molecule has 0 N–H and O–H groups in total. The molecule has 0 amide bonds. The van der Waals surface area contributed by atoms with Crippen molar-refractivity contribution in [2.75, 3.05) is 7.05 Å². The van der Waals surface area contributed by atoms with Crippen LogP contribution in [0.1, 0.15) is 35.9 Å². The van der Waals surface area contributed by atoms with Crippen molar-refractivity contribution in [3.8, 4) is 11.4 Å². The Morgan fingerprint density at radius 2 is 1.96 bits per heavy atom. The van der Waals surface area contributed by atoms with Crippen LogP contribution in [0.4, 0.5) is 4.39 Å². The summed E-state index contributed by atoms with van der Waals surface area (Å²) in [6.45, 7) is 0.590. The van der Waals surface area contributed by atoms with E-state index in [-0.39, 0.29) is 5.82 Å². The van der Waals surface area contributed by atoms with Gasteiger partial charge in [-0.3, -0.25) is 4.90 Å². The van der Waals surface area contributed by atoms with Gasteiger partial charge in [0.25, 0.3) is 0 Å². The van der Waals surface area contributed by atoms with Gasteiger partial charge in [-0.05, 0) is 61.7 Å². The molecule has 0 saturated carbocycles. The van der Waals surface area contributed by atoms with E-state index in [1.165, 1.54) is 29.7 Å². The highest BCUT2D eigenvalue weighted by Gasteiger charge is 2.24. The predicted octanol–water partition coefficient (Wildman–Crippen LogP) is 4.39. The van der Waals surface area contributed by atoms with E-state index in [0.717, 1.165) is 18.4 Å². The van der Waals surface area contributed by atoms with Crippen molar-refractivity contribution in [1.82, 2.24) is 15.0 Å². The molecule has 0 fully saturated rings. The zero-order chi connectivity index (χ0) is 17.2. The molecule has 1 aliphatic carbocycles. The molecular formula is C20H20FN3O. The van der Waals surface area contributed by atoms with E-state index in [4.69, 9.17) is 4.52 Å². The van der Waals surface area contributed by atoms with Crippen LogP contribution in [-0.4, -0.2) is 22.1 Å². The van der Waals surface area contributed by atoms with Gasteiger partial charge in [-0.2, -0.15) is 4.98 Å². The molecule has 1 heterocycles. The minimum absolute atomic E-state index is 0.275. The monoisotopic (exact) mass is 337 g/mol. The Morgan fingerprint density at radius 3 is 2.80 bits per heavy atom. The number of benzene rings is 2. The fourth-order valence-corrected chi connectivity index (χ4v) is 3.54. The van der Waals surface area contributed by atoms with Gasteiger partial charge < -0.3 is 4.52 Å². The highest BCUT2D eigenvalue weighted by molar-refractivity contribution is 5.53. The summed E-state index contributed by atoms with van der Waals surface area (Å²) in [5.74, 6) is 0.792. The molecule has 1 unspecified atom stereocenters. The highest BCUT2D eigenvalue weighted by atomic mass is 19.1. The summed E-state index contributed by atoms with van der Waals surface area (Å²) in [4.78, 5) is 6.72. The van der Waals surface area contributed by atoms with E-state index in [1.807, 2.05) is 0 Å². The van der Waals surface area contributed by atoms with Crippen molar-refractivity contribution in [3.63, 3.8) is 0 Å². The largest absolute Gasteiger partial charge is 0.338 e. The van der Waals surface area contributed by atoms with Crippen LogP contribution in [0.2, 0.25) is 0 Å². The van der Waals surface area contributed by atoms with Gasteiger partial charge in [-0.15, -0.1) is 0 Å². The molecule has 0 saturated heterocycles. The van der Waals surface area contributed by atoms with Crippen LogP contribution in [0.3, 0.4) is 0 Å². The minimum Gasteiger partial charge on any atom is -0.338 e. The Bertz CT molecular complexity index is 859. The lowest BCUT2D eigenvalue weighted by Crippen LogP contribution is -2.27. The van der Waals surface area contributed by atoms with E-state index in [2.05, 4.69) is 46.4 Å². The minimum atomic E-state index is -0.275. The van der Waals surface area contributed by atoms with Crippen LogP contribution >= 0.6 is 0 Å². The Morgan fingerprint density at radius 1 is 1.16 bits per heavy atom. The maximum Gasteiger partial charge on any atom is 0.241 e. The smallest absolute Gasteiger partial charge is 0.241 e. The Labute approximate surface area is 146 Å². The highest BCUT2D eigenvalue weighted by Crippen LogP contribution is 2.34. The Kier molecular flexibility index (Phi) is 4.32. The van der Waals surface area contributed by atoms with Gasteiger partial charge in [0.05, 0.1) is 6.54 Å². The number of aryl methyl sites for hydroxylation is 1. The molecule has 4 nitrogen and oxygen atoms in total. The van der Waals surface area contributed by atoms with Crippen molar-refractivity contribution < 1.29 is 8.91 Å². The van der Waals surface area contributed by atoms with E-state index in [9.17, 15) is 4.39 Å². The lowest BCUT2D eigenvalue weighted by molar-refractivity contribution is 0.187. The number of aromatic nitrogens is 2. The van der Waals surface area contributed by atoms with Gasteiger partial charge in [0.15, 0.2) is 0 Å². The first kappa shape index (κ1) is 16.0. The Hall–Kier alpha value is -2.53. The van der Waals surface area contributed by atoms with Gasteiger partial charge >= 0.3 is 0 Å². The molecule has 4 rings (SSSR count). The van der Waals surface area contributed by atoms with Crippen molar-refractivity contribution in [3.05, 3.63) is 71.4 Å². The first-order valence-electron chi connectivity index (χ1n) is 8.57. The van der Waals surface area contributed by atoms with Crippen molar-refractivity contribution >= 4 is 0 Å². The average Bonchev–Trinajstić information content (AvgIpc) is 3.10. The van der Waals surface area contributed by atoms with E-state index >= 15 is 0 Å². The lowest BCUT2D eigenvalue weighted by atomic mass is 9.87. The number of halogens is 1. The van der Waals surface area contributed by atoms with Crippen molar-refractivity contribution in [1.29, 1.82) is 0 Å². The fourth-order valence-electron chi connectivity index (χ4n) is 3.54. The molecule has 1 aliphatic rings. The number of nitrogens with zero attached hydrogens (tertiary/aromatic N) is 3. The van der Waals surface area contributed by atoms with E-state index in [1.54, 1.807) is 12.1 Å². The summed E-state index contributed by atoms with van der Waals surface area (Å²) in [6.07, 6.45) is 3.47. The third-order valence-electron chi connectivity index (χ3n) is 4.82. The molecule has 25 heavy (non-hydrogen) atoms. The zero-order valence-corrected chi connectivity index (χ0v) is 14.2. The van der Waals surface area contributed by atoms with Gasteiger partial charge in [0.2, 0.25) is 11.7 Å². The van der Waals surface area contributed by atoms with Crippen LogP contribution in [0, 0.1) is 5.82 Å². The molecule has 2 aromatic carbocycles. The maximum atomic E-state index is 13.0. The average molecular weight is 337 g/mol. The molecule has 0 spiro atoms. The summed E-state index contributed by atoms with van der Waals surface area (Å²) in [5, 5.41) is 4.02. The topological polar surface area (TPSA) is 42.2 Å². The molecular weight excluding hydrogens is 317 g/mol. The molecule has 1 aromatic heterocycles. The van der Waals surface area contributed by atoms with Crippen LogP contribution in [0.5, 0.6) is 0 Å². The molecule has 128 valence electrons. The molecule has 1 atom stereocenters. The van der Waals surface area contributed by atoms with Gasteiger partial charge in [0, 0.05) is 11.6 Å². The normalized spacial score (nSPS) is 16.8. The second kappa shape index (κ2) is 6.76. The molecule has 0 bridgehead atoms. The second-order valence-electron chi connectivity index (χ2n) is 6.54. The fraction of sp³-hybridized carbons (Fsp3) is 0.300. The van der Waals surface area contributed by atoms with Gasteiger partial charge in [-0.1, -0.05) is 29.4 Å². The van der Waals surface area contributed by atoms with Crippen LogP contribution in [0.15, 0.2) is 53.1 Å². The van der Waals surface area contributed by atoms with Gasteiger partial charge in [-0.25, -0.2) is 4.39 Å². The first-order chi connectivity index (χ1) is 12.2. The number of hydrogen-bond donors (Lipinski definition) is 0. The van der Waals surface area contributed by atoms with E-state index in [0.29, 0.717) is 24.3 Å². The molecule has 3 aromatic rings. The second-order valence-corrected chi connectivity index (χ2v) is 6.54. The van der Waals surface area contributed by atoms with Crippen LogP contribution in [0.25, 0.3) is 11.4 Å². The van der Waals surface area contributed by atoms with Gasteiger partial charge in [0.1, 0.15) is 5.82 Å². The standard InChI is InChI=1S/C20H20FN3O/c1-24(18-8-4-6-14-5-2-3-7-17(14)18)13-19-22-20(23-25-19)15-9-11-16(21)12-10-15/h2-3,5,7,9-12,18H,4,6,8,13H2,1H3. The predicted molar refractivity (Wildman–Crippen MR) is 93.3 cm³/mol. The summed E-state index contributed by atoms with van der Waals surface area (Å²) in [7, 11) is 2.09. The number of rotatable bonds is 4. The van der Waals surface area contributed by atoms with Crippen LogP contribution < -0.4 is 0 Å². The lowest BCUT2D eigenvalue weighted by Gasteiger charge is -2.32. The Balaban J connectivity index is 1.50. The molecule has 0 aliphatic heterocycles. The number of fused-ring (bicyclic) bond motifs is 1. The number of hydrogen-bond acceptors (Lipinski definition) is 4. The summed E-state index contributed by atoms with van der Waals surface area (Å²) < 4.78 is 18.4. The van der Waals surface area contributed by atoms with E-state index < -0.39 is 0 Å². The molecule has 5 heteroatoms. The maximum absolute atomic E-state index is 13.0. The van der Waals surface area contributed by atoms with Crippen molar-refractivity contribution in [2.45, 2.75) is 31.8 Å². The third kappa shape index (κ3) is 3.33. The summed E-state index contributed by atoms with van der Waals surface area (Å²) in [5.41, 5.74) is 3.58. The summed E-state index contributed by atoms with van der Waals surface area (Å²) >= 11 is 0. The van der Waals surface area contributed by atoms with Crippen LogP contribution in [-0.2, 0) is 13.0 Å². The zero-order valence-electron chi connectivity index (χ0n) is 14.2. The SMILES string of the molecule is CN(Cc1nc(-c2ccc(F)cc2)no1)C1CCCc2ccccc21. The first-order valence-corrected chi connectivity index (χ1v) is 8.57. The third-order valence-corrected chi connectivity index (χ3v) is 4.82. The quantitative estimate of drug-likeness (QED) is 0.708. The molecule has 0 radical (unpaired) electrons. The summed E-state index contributed by atoms with van der Waals surface area (Å²) in [6, 6.07) is 15.1. The van der Waals surface area contributed by atoms with Crippen molar-refractivity contribution in [2.24, 2.45) is 0 Å².